The first-order valence-corrected chi connectivity index (χ1v) is 14.1. The Kier molecular flexibility index (Phi) is 4.96. The molecule has 2 heterocycles. The minimum absolute atomic E-state index is 0.104. The maximum atomic E-state index is 2.51. The topological polar surface area (TPSA) is 8.17 Å². The molecule has 0 atom stereocenters. The average molecular weight is 515 g/mol. The Morgan fingerprint density at radius 3 is 1.90 bits per heavy atom. The molecule has 0 N–H and O–H groups in total. The first kappa shape index (κ1) is 23.1. The minimum atomic E-state index is 0.104. The molecule has 7 aromatic rings. The SMILES string of the molecule is CC1(C)CN(c2ccc(-c3cccc(-n4c5ccccc5c5ccccc54)c3)c3ccccc23)c2ccccc21. The van der Waals surface area contributed by atoms with Crippen molar-refractivity contribution < 1.29 is 0 Å². The van der Waals surface area contributed by atoms with E-state index in [0.29, 0.717) is 0 Å². The van der Waals surface area contributed by atoms with E-state index in [1.807, 2.05) is 0 Å². The van der Waals surface area contributed by atoms with E-state index in [1.54, 1.807) is 0 Å². The number of aromatic nitrogens is 1. The number of hydrogen-bond donors (Lipinski definition) is 0. The molecular weight excluding hydrogens is 484 g/mol. The zero-order valence-electron chi connectivity index (χ0n) is 22.8. The van der Waals surface area contributed by atoms with E-state index in [4.69, 9.17) is 0 Å². The zero-order chi connectivity index (χ0) is 26.8. The normalized spacial score (nSPS) is 14.3. The molecule has 1 aliphatic rings. The lowest BCUT2D eigenvalue weighted by Gasteiger charge is -2.25. The van der Waals surface area contributed by atoms with Gasteiger partial charge in [-0.3, -0.25) is 0 Å². The molecule has 1 aromatic heterocycles. The van der Waals surface area contributed by atoms with Gasteiger partial charge in [0, 0.05) is 45.2 Å². The van der Waals surface area contributed by atoms with Gasteiger partial charge in [0.25, 0.3) is 0 Å². The molecule has 0 spiro atoms. The van der Waals surface area contributed by atoms with Gasteiger partial charge in [0.1, 0.15) is 0 Å². The molecule has 0 saturated heterocycles. The number of benzene rings is 6. The lowest BCUT2D eigenvalue weighted by atomic mass is 9.87. The molecule has 0 bridgehead atoms. The largest absolute Gasteiger partial charge is 0.340 e. The van der Waals surface area contributed by atoms with Gasteiger partial charge in [0.2, 0.25) is 0 Å². The van der Waals surface area contributed by atoms with Crippen LogP contribution in [0.3, 0.4) is 0 Å². The van der Waals surface area contributed by atoms with Crippen molar-refractivity contribution in [3.8, 4) is 16.8 Å². The van der Waals surface area contributed by atoms with Crippen LogP contribution in [-0.4, -0.2) is 11.1 Å². The highest BCUT2D eigenvalue weighted by atomic mass is 15.2. The second-order valence-corrected chi connectivity index (χ2v) is 11.6. The Morgan fingerprint density at radius 1 is 0.525 bits per heavy atom. The average Bonchev–Trinajstić information content (AvgIpc) is 3.48. The molecule has 0 saturated carbocycles. The smallest absolute Gasteiger partial charge is 0.0541 e. The summed E-state index contributed by atoms with van der Waals surface area (Å²) < 4.78 is 2.40. The van der Waals surface area contributed by atoms with E-state index >= 15 is 0 Å². The maximum absolute atomic E-state index is 2.51. The standard InChI is InChI=1S/C38H30N2/c1-38(2)25-39(37-21-10-7-18-33(37)38)34-23-22-28(29-14-3-4-15-30(29)34)26-12-11-13-27(24-26)40-35-19-8-5-16-31(35)32-17-6-9-20-36(32)40/h3-24H,25H2,1-2H3. The van der Waals surface area contributed by atoms with Gasteiger partial charge in [0.15, 0.2) is 0 Å². The number of hydrogen-bond acceptors (Lipinski definition) is 1. The van der Waals surface area contributed by atoms with Crippen molar-refractivity contribution in [1.29, 1.82) is 0 Å². The van der Waals surface area contributed by atoms with Crippen LogP contribution in [0.1, 0.15) is 19.4 Å². The molecule has 192 valence electrons. The Bertz CT molecular complexity index is 2020. The van der Waals surface area contributed by atoms with Crippen LogP contribution in [-0.2, 0) is 5.41 Å². The molecular formula is C38H30N2. The van der Waals surface area contributed by atoms with Crippen LogP contribution in [0.2, 0.25) is 0 Å². The summed E-state index contributed by atoms with van der Waals surface area (Å²) in [4.78, 5) is 2.51. The van der Waals surface area contributed by atoms with E-state index in [-0.39, 0.29) is 5.41 Å². The van der Waals surface area contributed by atoms with E-state index < -0.39 is 0 Å². The van der Waals surface area contributed by atoms with E-state index in [0.717, 1.165) is 6.54 Å². The predicted molar refractivity (Wildman–Crippen MR) is 170 cm³/mol. The number of fused-ring (bicyclic) bond motifs is 5. The Labute approximate surface area is 234 Å². The maximum Gasteiger partial charge on any atom is 0.0541 e. The van der Waals surface area contributed by atoms with E-state index in [2.05, 4.69) is 157 Å². The minimum Gasteiger partial charge on any atom is -0.340 e. The third-order valence-corrected chi connectivity index (χ3v) is 8.66. The number of para-hydroxylation sites is 3. The summed E-state index contributed by atoms with van der Waals surface area (Å²) in [5.74, 6) is 0. The summed E-state index contributed by atoms with van der Waals surface area (Å²) in [7, 11) is 0. The molecule has 40 heavy (non-hydrogen) atoms. The van der Waals surface area contributed by atoms with Crippen LogP contribution in [0.15, 0.2) is 133 Å². The molecule has 0 amide bonds. The molecule has 2 heteroatoms. The van der Waals surface area contributed by atoms with Crippen molar-refractivity contribution in [3.05, 3.63) is 139 Å². The van der Waals surface area contributed by atoms with Crippen molar-refractivity contribution in [3.63, 3.8) is 0 Å². The Hall–Kier alpha value is -4.82. The summed E-state index contributed by atoms with van der Waals surface area (Å²) >= 11 is 0. The van der Waals surface area contributed by atoms with Gasteiger partial charge in [-0.05, 0) is 58.5 Å². The van der Waals surface area contributed by atoms with Crippen molar-refractivity contribution in [2.45, 2.75) is 19.3 Å². The second-order valence-electron chi connectivity index (χ2n) is 11.6. The van der Waals surface area contributed by atoms with Crippen molar-refractivity contribution in [2.75, 3.05) is 11.4 Å². The molecule has 0 unspecified atom stereocenters. The van der Waals surface area contributed by atoms with Crippen LogP contribution in [0.4, 0.5) is 11.4 Å². The second kappa shape index (κ2) is 8.59. The fraction of sp³-hybridized carbons (Fsp3) is 0.105. The third-order valence-electron chi connectivity index (χ3n) is 8.66. The number of rotatable bonds is 3. The summed E-state index contributed by atoms with van der Waals surface area (Å²) in [6.45, 7) is 5.67. The monoisotopic (exact) mass is 514 g/mol. The fourth-order valence-corrected chi connectivity index (χ4v) is 6.85. The van der Waals surface area contributed by atoms with Gasteiger partial charge in [-0.25, -0.2) is 0 Å². The Morgan fingerprint density at radius 2 is 1.15 bits per heavy atom. The van der Waals surface area contributed by atoms with Gasteiger partial charge in [-0.15, -0.1) is 0 Å². The highest BCUT2D eigenvalue weighted by molar-refractivity contribution is 6.09. The molecule has 2 nitrogen and oxygen atoms in total. The van der Waals surface area contributed by atoms with Crippen LogP contribution in [0, 0.1) is 0 Å². The number of anilines is 2. The van der Waals surface area contributed by atoms with Crippen LogP contribution < -0.4 is 4.90 Å². The third kappa shape index (κ3) is 3.36. The fourth-order valence-electron chi connectivity index (χ4n) is 6.85. The van der Waals surface area contributed by atoms with E-state index in [9.17, 15) is 0 Å². The Balaban J connectivity index is 1.30. The highest BCUT2D eigenvalue weighted by Crippen LogP contribution is 2.47. The first-order chi connectivity index (χ1) is 19.6. The first-order valence-electron chi connectivity index (χ1n) is 14.1. The summed E-state index contributed by atoms with van der Waals surface area (Å²) in [6, 6.07) is 48.8. The van der Waals surface area contributed by atoms with E-state index in [1.165, 1.54) is 66.3 Å². The number of nitrogens with zero attached hydrogens (tertiary/aromatic N) is 2. The summed E-state index contributed by atoms with van der Waals surface area (Å²) in [5, 5.41) is 5.13. The van der Waals surface area contributed by atoms with Crippen molar-refractivity contribution in [1.82, 2.24) is 4.57 Å². The van der Waals surface area contributed by atoms with Gasteiger partial charge >= 0.3 is 0 Å². The molecule has 0 aliphatic carbocycles. The lowest BCUT2D eigenvalue weighted by Crippen LogP contribution is -2.25. The van der Waals surface area contributed by atoms with Gasteiger partial charge in [-0.1, -0.05) is 111 Å². The van der Waals surface area contributed by atoms with Crippen molar-refractivity contribution >= 4 is 44.0 Å². The van der Waals surface area contributed by atoms with Crippen LogP contribution >= 0.6 is 0 Å². The summed E-state index contributed by atoms with van der Waals surface area (Å²) in [5.41, 5.74) is 10.2. The predicted octanol–water partition coefficient (Wildman–Crippen LogP) is 10.0. The van der Waals surface area contributed by atoms with Gasteiger partial charge in [0.05, 0.1) is 11.0 Å². The molecule has 0 fully saturated rings. The van der Waals surface area contributed by atoms with Crippen molar-refractivity contribution in [2.24, 2.45) is 0 Å². The molecule has 1 aliphatic heterocycles. The lowest BCUT2D eigenvalue weighted by molar-refractivity contribution is 0.569. The van der Waals surface area contributed by atoms with Crippen LogP contribution in [0.5, 0.6) is 0 Å². The van der Waals surface area contributed by atoms with Crippen LogP contribution in [0.25, 0.3) is 49.4 Å². The van der Waals surface area contributed by atoms with Gasteiger partial charge < -0.3 is 9.47 Å². The van der Waals surface area contributed by atoms with Gasteiger partial charge in [-0.2, -0.15) is 0 Å². The quantitative estimate of drug-likeness (QED) is 0.228. The molecule has 8 rings (SSSR count). The zero-order valence-corrected chi connectivity index (χ0v) is 22.8. The molecule has 6 aromatic carbocycles. The highest BCUT2D eigenvalue weighted by Gasteiger charge is 2.36. The summed E-state index contributed by atoms with van der Waals surface area (Å²) in [6.07, 6.45) is 0. The molecule has 0 radical (unpaired) electrons.